The zero-order valence-corrected chi connectivity index (χ0v) is 13.9. The lowest BCUT2D eigenvalue weighted by Crippen LogP contribution is -2.06. The van der Waals surface area contributed by atoms with Crippen LogP contribution in [0.5, 0.6) is 0 Å². The summed E-state index contributed by atoms with van der Waals surface area (Å²) in [6.07, 6.45) is 8.19. The van der Waals surface area contributed by atoms with E-state index in [4.69, 9.17) is 0 Å². The number of fused-ring (bicyclic) bond motifs is 1. The van der Waals surface area contributed by atoms with Crippen LogP contribution >= 0.6 is 0 Å². The fraction of sp³-hybridized carbons (Fsp3) is 0.286. The quantitative estimate of drug-likeness (QED) is 0.637. The molecule has 1 N–H and O–H groups in total. The van der Waals surface area contributed by atoms with Crippen LogP contribution in [-0.2, 0) is 12.8 Å². The smallest absolute Gasteiger partial charge is 0.187 e. The molecule has 0 saturated carbocycles. The van der Waals surface area contributed by atoms with E-state index in [0.29, 0.717) is 0 Å². The van der Waals surface area contributed by atoms with Gasteiger partial charge in [0.15, 0.2) is 5.78 Å². The van der Waals surface area contributed by atoms with Crippen molar-refractivity contribution in [3.8, 4) is 0 Å². The van der Waals surface area contributed by atoms with Gasteiger partial charge in [-0.05, 0) is 73.9 Å². The molecule has 1 aliphatic rings. The minimum Gasteiger partial charge on any atom is -0.361 e. The number of anilines is 1. The van der Waals surface area contributed by atoms with Crippen LogP contribution in [0.3, 0.4) is 0 Å². The summed E-state index contributed by atoms with van der Waals surface area (Å²) < 4.78 is 0. The van der Waals surface area contributed by atoms with E-state index >= 15 is 0 Å². The van der Waals surface area contributed by atoms with Crippen LogP contribution in [0, 0.1) is 13.8 Å². The lowest BCUT2D eigenvalue weighted by Gasteiger charge is -2.18. The summed E-state index contributed by atoms with van der Waals surface area (Å²) in [4.78, 5) is 12.3. The predicted octanol–water partition coefficient (Wildman–Crippen LogP) is 4.99. The Balaban J connectivity index is 1.71. The first kappa shape index (κ1) is 15.5. The molecule has 0 bridgehead atoms. The fourth-order valence-corrected chi connectivity index (χ4v) is 3.11. The molecule has 0 aromatic heterocycles. The zero-order valence-electron chi connectivity index (χ0n) is 13.9. The minimum atomic E-state index is 0.0328. The molecule has 0 unspecified atom stereocenters. The summed E-state index contributed by atoms with van der Waals surface area (Å²) in [5.41, 5.74) is 7.07. The Bertz CT molecular complexity index is 758. The summed E-state index contributed by atoms with van der Waals surface area (Å²) in [7, 11) is 0. The molecule has 0 saturated heterocycles. The van der Waals surface area contributed by atoms with Crippen LogP contribution in [0.15, 0.2) is 48.7 Å². The SMILES string of the molecule is Cc1ccc(C(=O)/C=C/Nc2cccc3c2CCCC3)cc1C. The molecular weight excluding hydrogens is 282 g/mol. The molecule has 0 spiro atoms. The first-order valence-electron chi connectivity index (χ1n) is 8.30. The lowest BCUT2D eigenvalue weighted by atomic mass is 9.90. The Labute approximate surface area is 138 Å². The van der Waals surface area contributed by atoms with Crippen molar-refractivity contribution in [3.05, 3.63) is 76.5 Å². The molecule has 2 heteroatoms. The van der Waals surface area contributed by atoms with Gasteiger partial charge >= 0.3 is 0 Å². The number of aryl methyl sites for hydroxylation is 3. The first-order chi connectivity index (χ1) is 11.1. The summed E-state index contributed by atoms with van der Waals surface area (Å²) >= 11 is 0. The van der Waals surface area contributed by atoms with E-state index in [2.05, 4.69) is 30.4 Å². The molecule has 0 aliphatic heterocycles. The van der Waals surface area contributed by atoms with Gasteiger partial charge in [-0.3, -0.25) is 4.79 Å². The number of hydrogen-bond donors (Lipinski definition) is 1. The highest BCUT2D eigenvalue weighted by atomic mass is 16.1. The molecule has 1 aliphatic carbocycles. The van der Waals surface area contributed by atoms with Crippen molar-refractivity contribution in [2.75, 3.05) is 5.32 Å². The second-order valence-corrected chi connectivity index (χ2v) is 6.29. The summed E-state index contributed by atoms with van der Waals surface area (Å²) in [6, 6.07) is 12.2. The molecule has 118 valence electrons. The Hall–Kier alpha value is -2.35. The number of carbonyl (C=O) groups is 1. The van der Waals surface area contributed by atoms with Gasteiger partial charge in [-0.1, -0.05) is 24.3 Å². The van der Waals surface area contributed by atoms with E-state index in [1.54, 1.807) is 12.3 Å². The first-order valence-corrected chi connectivity index (χ1v) is 8.30. The van der Waals surface area contributed by atoms with E-state index < -0.39 is 0 Å². The summed E-state index contributed by atoms with van der Waals surface area (Å²) in [6.45, 7) is 4.09. The molecule has 3 rings (SSSR count). The molecule has 0 radical (unpaired) electrons. The molecule has 0 amide bonds. The van der Waals surface area contributed by atoms with Gasteiger partial charge in [0.25, 0.3) is 0 Å². The highest BCUT2D eigenvalue weighted by molar-refractivity contribution is 6.04. The predicted molar refractivity (Wildman–Crippen MR) is 96.1 cm³/mol. The summed E-state index contributed by atoms with van der Waals surface area (Å²) in [5, 5.41) is 3.30. The largest absolute Gasteiger partial charge is 0.361 e. The molecule has 0 fully saturated rings. The molecule has 0 atom stereocenters. The second kappa shape index (κ2) is 6.82. The van der Waals surface area contributed by atoms with Crippen LogP contribution < -0.4 is 5.32 Å². The number of carbonyl (C=O) groups excluding carboxylic acids is 1. The third-order valence-electron chi connectivity index (χ3n) is 4.66. The minimum absolute atomic E-state index is 0.0328. The monoisotopic (exact) mass is 305 g/mol. The van der Waals surface area contributed by atoms with Gasteiger partial charge in [-0.15, -0.1) is 0 Å². The molecular formula is C21H23NO. The lowest BCUT2D eigenvalue weighted by molar-refractivity contribution is 0.104. The van der Waals surface area contributed by atoms with Crippen LogP contribution in [-0.4, -0.2) is 5.78 Å². The summed E-state index contributed by atoms with van der Waals surface area (Å²) in [5.74, 6) is 0.0328. The highest BCUT2D eigenvalue weighted by Crippen LogP contribution is 2.27. The van der Waals surface area contributed by atoms with Gasteiger partial charge in [-0.2, -0.15) is 0 Å². The average molecular weight is 305 g/mol. The maximum absolute atomic E-state index is 12.3. The van der Waals surface area contributed by atoms with Crippen LogP contribution in [0.25, 0.3) is 0 Å². The van der Waals surface area contributed by atoms with Crippen molar-refractivity contribution in [2.45, 2.75) is 39.5 Å². The number of hydrogen-bond acceptors (Lipinski definition) is 2. The maximum atomic E-state index is 12.3. The standard InChI is InChI=1S/C21H23NO/c1-15-10-11-18(14-16(15)2)21(23)12-13-22-20-9-5-7-17-6-3-4-8-19(17)20/h5,7,9-14,22H,3-4,6,8H2,1-2H3/b13-12+. The third-order valence-corrected chi connectivity index (χ3v) is 4.66. The third kappa shape index (κ3) is 3.53. The van der Waals surface area contributed by atoms with Crippen molar-refractivity contribution in [2.24, 2.45) is 0 Å². The fourth-order valence-electron chi connectivity index (χ4n) is 3.11. The molecule has 0 heterocycles. The molecule has 23 heavy (non-hydrogen) atoms. The second-order valence-electron chi connectivity index (χ2n) is 6.29. The van der Waals surface area contributed by atoms with E-state index in [-0.39, 0.29) is 5.78 Å². The Morgan fingerprint density at radius 2 is 1.87 bits per heavy atom. The van der Waals surface area contributed by atoms with Gasteiger partial charge in [0, 0.05) is 23.5 Å². The van der Waals surface area contributed by atoms with Gasteiger partial charge in [0.2, 0.25) is 0 Å². The normalized spacial score (nSPS) is 13.8. The van der Waals surface area contributed by atoms with Gasteiger partial charge in [0.05, 0.1) is 0 Å². The van der Waals surface area contributed by atoms with Gasteiger partial charge in [0.1, 0.15) is 0 Å². The molecule has 2 aromatic rings. The van der Waals surface area contributed by atoms with Crippen molar-refractivity contribution in [1.82, 2.24) is 0 Å². The number of ketones is 1. The number of nitrogens with one attached hydrogen (secondary N) is 1. The number of rotatable bonds is 4. The Morgan fingerprint density at radius 1 is 1.04 bits per heavy atom. The molecule has 2 nitrogen and oxygen atoms in total. The topological polar surface area (TPSA) is 29.1 Å². The molecule has 2 aromatic carbocycles. The highest BCUT2D eigenvalue weighted by Gasteiger charge is 2.12. The van der Waals surface area contributed by atoms with Crippen molar-refractivity contribution in [1.29, 1.82) is 0 Å². The van der Waals surface area contributed by atoms with E-state index in [1.807, 2.05) is 25.1 Å². The van der Waals surface area contributed by atoms with E-state index in [9.17, 15) is 4.79 Å². The number of benzene rings is 2. The van der Waals surface area contributed by atoms with Crippen LogP contribution in [0.4, 0.5) is 5.69 Å². The Morgan fingerprint density at radius 3 is 2.70 bits per heavy atom. The van der Waals surface area contributed by atoms with Crippen molar-refractivity contribution < 1.29 is 4.79 Å². The number of allylic oxidation sites excluding steroid dienone is 1. The zero-order chi connectivity index (χ0) is 16.2. The Kier molecular flexibility index (Phi) is 4.61. The van der Waals surface area contributed by atoms with Gasteiger partial charge in [-0.25, -0.2) is 0 Å². The van der Waals surface area contributed by atoms with Crippen LogP contribution in [0.1, 0.15) is 45.5 Å². The van der Waals surface area contributed by atoms with Crippen molar-refractivity contribution >= 4 is 11.5 Å². The average Bonchev–Trinajstić information content (AvgIpc) is 2.57. The van der Waals surface area contributed by atoms with Gasteiger partial charge < -0.3 is 5.32 Å². The van der Waals surface area contributed by atoms with Crippen molar-refractivity contribution in [3.63, 3.8) is 0 Å². The van der Waals surface area contributed by atoms with E-state index in [1.165, 1.54) is 29.5 Å². The van der Waals surface area contributed by atoms with Crippen LogP contribution in [0.2, 0.25) is 0 Å². The maximum Gasteiger partial charge on any atom is 0.187 e. The van der Waals surface area contributed by atoms with E-state index in [0.717, 1.165) is 29.7 Å².